The zero-order valence-corrected chi connectivity index (χ0v) is 15.8. The van der Waals surface area contributed by atoms with Gasteiger partial charge in [0.05, 0.1) is 12.1 Å². The maximum atomic E-state index is 13.2. The fourth-order valence-electron chi connectivity index (χ4n) is 3.45. The summed E-state index contributed by atoms with van der Waals surface area (Å²) in [6.07, 6.45) is 0. The summed E-state index contributed by atoms with van der Waals surface area (Å²) in [6.45, 7) is 3.26. The number of hydrogen-bond acceptors (Lipinski definition) is 5. The third kappa shape index (κ3) is 3.40. The smallest absolute Gasteiger partial charge is 0.278 e. The van der Waals surface area contributed by atoms with Gasteiger partial charge in [-0.15, -0.1) is 11.3 Å². The molecule has 0 spiro atoms. The van der Waals surface area contributed by atoms with Crippen LogP contribution in [0.2, 0.25) is 0 Å². The van der Waals surface area contributed by atoms with Gasteiger partial charge in [0, 0.05) is 31.1 Å². The van der Waals surface area contributed by atoms with Gasteiger partial charge in [0.1, 0.15) is 11.5 Å². The maximum Gasteiger partial charge on any atom is 0.278 e. The van der Waals surface area contributed by atoms with E-state index in [-0.39, 0.29) is 24.2 Å². The van der Waals surface area contributed by atoms with Crippen LogP contribution in [0, 0.1) is 5.82 Å². The van der Waals surface area contributed by atoms with Gasteiger partial charge in [-0.25, -0.2) is 4.39 Å². The van der Waals surface area contributed by atoms with E-state index in [2.05, 4.69) is 4.90 Å². The van der Waals surface area contributed by atoms with Crippen molar-refractivity contribution in [2.24, 2.45) is 0 Å². The Kier molecular flexibility index (Phi) is 4.80. The number of nitrogens with zero attached hydrogens (tertiary/aromatic N) is 3. The Labute approximate surface area is 161 Å². The first-order chi connectivity index (χ1) is 13.0. The number of carbonyl (C=O) groups excluding carboxylic acids is 2. The molecule has 2 aliphatic heterocycles. The quantitative estimate of drug-likeness (QED) is 0.759. The molecular formula is C20H20FN3O2S. The Morgan fingerprint density at radius 1 is 1.00 bits per heavy atom. The second kappa shape index (κ2) is 7.25. The van der Waals surface area contributed by atoms with Crippen LogP contribution in [0.1, 0.15) is 10.4 Å². The minimum absolute atomic E-state index is 0.143. The average Bonchev–Trinajstić information content (AvgIpc) is 3.26. The molecule has 7 heteroatoms. The van der Waals surface area contributed by atoms with Crippen LogP contribution in [0.4, 0.5) is 4.39 Å². The molecule has 0 unspecified atom stereocenters. The van der Waals surface area contributed by atoms with Gasteiger partial charge < -0.3 is 9.80 Å². The van der Waals surface area contributed by atoms with Gasteiger partial charge in [-0.05, 0) is 36.2 Å². The summed E-state index contributed by atoms with van der Waals surface area (Å²) in [5, 5.41) is 1.91. The van der Waals surface area contributed by atoms with E-state index in [1.807, 2.05) is 29.5 Å². The molecule has 0 aliphatic carbocycles. The van der Waals surface area contributed by atoms with Crippen molar-refractivity contribution < 1.29 is 14.0 Å². The predicted octanol–water partition coefficient (Wildman–Crippen LogP) is 2.41. The highest BCUT2D eigenvalue weighted by molar-refractivity contribution is 7.11. The molecule has 27 heavy (non-hydrogen) atoms. The molecule has 2 aromatic rings. The Bertz CT molecular complexity index is 884. The topological polar surface area (TPSA) is 43.9 Å². The Hall–Kier alpha value is -2.51. The van der Waals surface area contributed by atoms with Crippen LogP contribution in [-0.4, -0.2) is 59.7 Å². The van der Waals surface area contributed by atoms with Gasteiger partial charge in [-0.2, -0.15) is 0 Å². The van der Waals surface area contributed by atoms with E-state index in [4.69, 9.17) is 0 Å². The number of benzene rings is 1. The fraction of sp³-hybridized carbons (Fsp3) is 0.300. The Morgan fingerprint density at radius 3 is 2.33 bits per heavy atom. The van der Waals surface area contributed by atoms with Gasteiger partial charge in [0.25, 0.3) is 11.8 Å². The van der Waals surface area contributed by atoms with Gasteiger partial charge in [0.15, 0.2) is 0 Å². The minimum Gasteiger partial charge on any atom is -0.364 e. The van der Waals surface area contributed by atoms with Crippen molar-refractivity contribution in [1.82, 2.24) is 14.7 Å². The molecule has 1 aromatic heterocycles. The van der Waals surface area contributed by atoms with Crippen LogP contribution >= 0.6 is 11.3 Å². The Morgan fingerprint density at radius 2 is 1.70 bits per heavy atom. The van der Waals surface area contributed by atoms with Crippen molar-refractivity contribution in [1.29, 1.82) is 0 Å². The van der Waals surface area contributed by atoms with Crippen LogP contribution in [0.3, 0.4) is 0 Å². The zero-order valence-electron chi connectivity index (χ0n) is 15.0. The van der Waals surface area contributed by atoms with Crippen LogP contribution in [-0.2, 0) is 16.1 Å². The summed E-state index contributed by atoms with van der Waals surface area (Å²) < 4.78 is 13.2. The minimum atomic E-state index is -0.339. The van der Waals surface area contributed by atoms with E-state index in [0.29, 0.717) is 24.4 Å². The number of rotatable bonds is 4. The van der Waals surface area contributed by atoms with Crippen molar-refractivity contribution in [3.05, 3.63) is 63.7 Å². The highest BCUT2D eigenvalue weighted by atomic mass is 32.1. The molecule has 5 nitrogen and oxygen atoms in total. The standard InChI is InChI=1S/C20H20FN3O2S/c1-22-8-10-23(11-9-22)18-17(16-3-2-12-27-16)19(25)24(20(18)26)13-14-4-6-15(21)7-5-14/h2-7,12H,8-11,13H2,1H3. The number of likely N-dealkylation sites (N-methyl/N-ethyl adjacent to an activating group) is 1. The molecule has 0 bridgehead atoms. The normalized spacial score (nSPS) is 18.7. The molecule has 4 rings (SSSR count). The number of piperazine rings is 1. The second-order valence-electron chi connectivity index (χ2n) is 6.81. The van der Waals surface area contributed by atoms with Crippen molar-refractivity contribution in [2.45, 2.75) is 6.54 Å². The van der Waals surface area contributed by atoms with Gasteiger partial charge in [-0.1, -0.05) is 18.2 Å². The van der Waals surface area contributed by atoms with Gasteiger partial charge in [0.2, 0.25) is 0 Å². The largest absolute Gasteiger partial charge is 0.364 e. The molecular weight excluding hydrogens is 365 g/mol. The summed E-state index contributed by atoms with van der Waals surface area (Å²) in [6, 6.07) is 9.66. The van der Waals surface area contributed by atoms with Gasteiger partial charge >= 0.3 is 0 Å². The van der Waals surface area contributed by atoms with Crippen molar-refractivity contribution in [2.75, 3.05) is 33.2 Å². The molecule has 0 atom stereocenters. The molecule has 1 saturated heterocycles. The van der Waals surface area contributed by atoms with E-state index < -0.39 is 0 Å². The average molecular weight is 385 g/mol. The molecule has 1 fully saturated rings. The molecule has 2 aliphatic rings. The molecule has 0 N–H and O–H groups in total. The lowest BCUT2D eigenvalue weighted by molar-refractivity contribution is -0.138. The molecule has 140 valence electrons. The molecule has 0 saturated carbocycles. The van der Waals surface area contributed by atoms with E-state index in [9.17, 15) is 14.0 Å². The van der Waals surface area contributed by atoms with E-state index in [1.165, 1.54) is 28.4 Å². The molecule has 2 amide bonds. The first kappa shape index (κ1) is 17.9. The van der Waals surface area contributed by atoms with Crippen molar-refractivity contribution in [3.63, 3.8) is 0 Å². The van der Waals surface area contributed by atoms with Crippen molar-refractivity contribution in [3.8, 4) is 0 Å². The van der Waals surface area contributed by atoms with E-state index >= 15 is 0 Å². The van der Waals surface area contributed by atoms with Crippen LogP contribution in [0.5, 0.6) is 0 Å². The number of carbonyl (C=O) groups is 2. The Balaban J connectivity index is 1.67. The summed E-state index contributed by atoms with van der Waals surface area (Å²) in [4.78, 5) is 32.7. The molecule has 0 radical (unpaired) electrons. The zero-order chi connectivity index (χ0) is 19.0. The number of halogens is 1. The maximum absolute atomic E-state index is 13.2. The first-order valence-electron chi connectivity index (χ1n) is 8.87. The predicted molar refractivity (Wildman–Crippen MR) is 102 cm³/mol. The molecule has 1 aromatic carbocycles. The molecule has 3 heterocycles. The van der Waals surface area contributed by atoms with Crippen LogP contribution in [0.15, 0.2) is 47.5 Å². The number of imide groups is 1. The number of thiophene rings is 1. The summed E-state index contributed by atoms with van der Waals surface area (Å²) in [7, 11) is 2.05. The van der Waals surface area contributed by atoms with Gasteiger partial charge in [-0.3, -0.25) is 14.5 Å². The van der Waals surface area contributed by atoms with Crippen molar-refractivity contribution >= 4 is 28.7 Å². The summed E-state index contributed by atoms with van der Waals surface area (Å²) >= 11 is 1.46. The first-order valence-corrected chi connectivity index (χ1v) is 9.75. The lowest BCUT2D eigenvalue weighted by Gasteiger charge is -2.34. The highest BCUT2D eigenvalue weighted by Gasteiger charge is 2.42. The lowest BCUT2D eigenvalue weighted by Crippen LogP contribution is -2.46. The summed E-state index contributed by atoms with van der Waals surface area (Å²) in [5.74, 6) is -0.883. The SMILES string of the molecule is CN1CCN(C2=C(c3cccs3)C(=O)N(Cc3ccc(F)cc3)C2=O)CC1. The van der Waals surface area contributed by atoms with Crippen LogP contribution in [0.25, 0.3) is 5.57 Å². The van der Waals surface area contributed by atoms with E-state index in [0.717, 1.165) is 23.5 Å². The lowest BCUT2D eigenvalue weighted by atomic mass is 10.1. The number of amides is 2. The monoisotopic (exact) mass is 385 g/mol. The van der Waals surface area contributed by atoms with Crippen LogP contribution < -0.4 is 0 Å². The third-order valence-corrected chi connectivity index (χ3v) is 5.87. The third-order valence-electron chi connectivity index (χ3n) is 4.98. The van der Waals surface area contributed by atoms with E-state index in [1.54, 1.807) is 12.1 Å². The fourth-order valence-corrected chi connectivity index (χ4v) is 4.21. The number of hydrogen-bond donors (Lipinski definition) is 0. The second-order valence-corrected chi connectivity index (χ2v) is 7.76. The summed E-state index contributed by atoms with van der Waals surface area (Å²) in [5.41, 5.74) is 1.71. The highest BCUT2D eigenvalue weighted by Crippen LogP contribution is 2.35.